The highest BCUT2D eigenvalue weighted by atomic mass is 35.5. The summed E-state index contributed by atoms with van der Waals surface area (Å²) in [6.45, 7) is 3.90. The maximum Gasteiger partial charge on any atom is 0.344 e. The highest BCUT2D eigenvalue weighted by Gasteiger charge is 2.16. The van der Waals surface area contributed by atoms with Crippen LogP contribution in [0.3, 0.4) is 0 Å². The van der Waals surface area contributed by atoms with Gasteiger partial charge in [0.15, 0.2) is 0 Å². The lowest BCUT2D eigenvalue weighted by Gasteiger charge is -2.10. The molecule has 106 valence electrons. The van der Waals surface area contributed by atoms with E-state index in [-0.39, 0.29) is 0 Å². The molecule has 3 aromatic rings. The molecule has 1 heterocycles. The third-order valence-corrected chi connectivity index (χ3v) is 4.07. The van der Waals surface area contributed by atoms with Gasteiger partial charge in [-0.15, -0.1) is 0 Å². The predicted molar refractivity (Wildman–Crippen MR) is 87.4 cm³/mol. The van der Waals surface area contributed by atoms with E-state index in [9.17, 15) is 4.79 Å². The summed E-state index contributed by atoms with van der Waals surface area (Å²) in [4.78, 5) is 12.3. The van der Waals surface area contributed by atoms with Crippen LogP contribution in [0.2, 0.25) is 10.0 Å². The van der Waals surface area contributed by atoms with Crippen LogP contribution in [0.25, 0.3) is 22.1 Å². The molecule has 0 aliphatic rings. The summed E-state index contributed by atoms with van der Waals surface area (Å²) in [5, 5.41) is 1.88. The van der Waals surface area contributed by atoms with Crippen molar-refractivity contribution in [3.8, 4) is 11.1 Å². The molecule has 0 spiro atoms. The summed E-state index contributed by atoms with van der Waals surface area (Å²) in [7, 11) is 0. The topological polar surface area (TPSA) is 30.2 Å². The zero-order valence-corrected chi connectivity index (χ0v) is 13.0. The lowest BCUT2D eigenvalue weighted by molar-refractivity contribution is 0.562. The molecule has 0 N–H and O–H groups in total. The maximum absolute atomic E-state index is 12.3. The Morgan fingerprint density at radius 1 is 1.00 bits per heavy atom. The van der Waals surface area contributed by atoms with Crippen LogP contribution in [-0.2, 0) is 0 Å². The van der Waals surface area contributed by atoms with Crippen LogP contribution in [0.15, 0.2) is 45.6 Å². The third-order valence-electron chi connectivity index (χ3n) is 3.52. The van der Waals surface area contributed by atoms with E-state index in [1.807, 2.05) is 32.0 Å². The van der Waals surface area contributed by atoms with E-state index >= 15 is 0 Å². The summed E-state index contributed by atoms with van der Waals surface area (Å²) in [6, 6.07) is 10.8. The smallest absolute Gasteiger partial charge is 0.344 e. The van der Waals surface area contributed by atoms with Gasteiger partial charge in [0.25, 0.3) is 0 Å². The molecule has 0 aliphatic heterocycles. The normalized spacial score (nSPS) is 11.0. The molecule has 0 atom stereocenters. The van der Waals surface area contributed by atoms with Crippen LogP contribution in [-0.4, -0.2) is 0 Å². The Balaban J connectivity index is 2.39. The molecule has 0 fully saturated rings. The monoisotopic (exact) mass is 318 g/mol. The van der Waals surface area contributed by atoms with Crippen LogP contribution in [0.4, 0.5) is 0 Å². The number of aryl methyl sites for hydroxylation is 2. The van der Waals surface area contributed by atoms with E-state index in [1.165, 1.54) is 0 Å². The molecule has 0 bridgehead atoms. The molecule has 0 saturated heterocycles. The molecule has 0 unspecified atom stereocenters. The van der Waals surface area contributed by atoms with Gasteiger partial charge in [0.05, 0.1) is 10.6 Å². The summed E-state index contributed by atoms with van der Waals surface area (Å²) >= 11 is 12.1. The van der Waals surface area contributed by atoms with Crippen molar-refractivity contribution in [2.75, 3.05) is 0 Å². The van der Waals surface area contributed by atoms with Gasteiger partial charge >= 0.3 is 5.63 Å². The van der Waals surface area contributed by atoms with E-state index in [0.29, 0.717) is 26.8 Å². The molecule has 0 saturated carbocycles. The number of fused-ring (bicyclic) bond motifs is 1. The largest absolute Gasteiger partial charge is 0.422 e. The van der Waals surface area contributed by atoms with Crippen LogP contribution < -0.4 is 5.63 Å². The van der Waals surface area contributed by atoms with Crippen LogP contribution in [0.5, 0.6) is 0 Å². The first-order chi connectivity index (χ1) is 9.97. The maximum atomic E-state index is 12.3. The molecular formula is C17H12Cl2O2. The molecule has 0 aliphatic carbocycles. The van der Waals surface area contributed by atoms with Crippen molar-refractivity contribution in [3.05, 3.63) is 68.0 Å². The second-order valence-electron chi connectivity index (χ2n) is 5.01. The lowest BCUT2D eigenvalue weighted by Crippen LogP contribution is -2.06. The van der Waals surface area contributed by atoms with Crippen molar-refractivity contribution in [1.82, 2.24) is 0 Å². The van der Waals surface area contributed by atoms with Crippen molar-refractivity contribution in [1.29, 1.82) is 0 Å². The third kappa shape index (κ3) is 2.45. The van der Waals surface area contributed by atoms with Crippen molar-refractivity contribution >= 4 is 34.2 Å². The van der Waals surface area contributed by atoms with Crippen molar-refractivity contribution in [3.63, 3.8) is 0 Å². The molecule has 3 rings (SSSR count). The minimum absolute atomic E-state index is 0.395. The fraction of sp³-hybridized carbons (Fsp3) is 0.118. The fourth-order valence-electron chi connectivity index (χ4n) is 2.47. The second-order valence-corrected chi connectivity index (χ2v) is 5.86. The van der Waals surface area contributed by atoms with Gasteiger partial charge in [0, 0.05) is 16.0 Å². The Morgan fingerprint density at radius 2 is 1.76 bits per heavy atom. The van der Waals surface area contributed by atoms with Gasteiger partial charge in [-0.05, 0) is 43.7 Å². The highest BCUT2D eigenvalue weighted by Crippen LogP contribution is 2.33. The average molecular weight is 319 g/mol. The molecule has 1 aromatic heterocycles. The SMILES string of the molecule is Cc1ccc2oc(=O)c(-c3ccc(Cl)cc3Cl)c(C)c2c1. The number of benzene rings is 2. The van der Waals surface area contributed by atoms with Gasteiger partial charge in [-0.3, -0.25) is 0 Å². The Morgan fingerprint density at radius 3 is 2.48 bits per heavy atom. The van der Waals surface area contributed by atoms with Gasteiger partial charge in [-0.25, -0.2) is 4.79 Å². The summed E-state index contributed by atoms with van der Waals surface area (Å²) in [6.07, 6.45) is 0. The first kappa shape index (κ1) is 14.2. The molecule has 2 aromatic carbocycles. The summed E-state index contributed by atoms with van der Waals surface area (Å²) in [5.41, 5.74) is 3.26. The summed E-state index contributed by atoms with van der Waals surface area (Å²) < 4.78 is 5.42. The molecule has 21 heavy (non-hydrogen) atoms. The fourth-order valence-corrected chi connectivity index (χ4v) is 2.97. The number of rotatable bonds is 1. The van der Waals surface area contributed by atoms with E-state index in [0.717, 1.165) is 16.5 Å². The Bertz CT molecular complexity index is 911. The second kappa shape index (κ2) is 5.21. The van der Waals surface area contributed by atoms with Gasteiger partial charge in [-0.2, -0.15) is 0 Å². The van der Waals surface area contributed by atoms with Gasteiger partial charge in [0.1, 0.15) is 5.58 Å². The standard InChI is InChI=1S/C17H12Cl2O2/c1-9-3-6-15-13(7-9)10(2)16(17(20)21-15)12-5-4-11(18)8-14(12)19/h3-8H,1-2H3. The van der Waals surface area contributed by atoms with Crippen LogP contribution >= 0.6 is 23.2 Å². The average Bonchev–Trinajstić information content (AvgIpc) is 2.42. The van der Waals surface area contributed by atoms with E-state index in [4.69, 9.17) is 27.6 Å². The minimum atomic E-state index is -0.395. The van der Waals surface area contributed by atoms with Gasteiger partial charge in [0.2, 0.25) is 0 Å². The van der Waals surface area contributed by atoms with E-state index in [1.54, 1.807) is 18.2 Å². The number of hydrogen-bond donors (Lipinski definition) is 0. The lowest BCUT2D eigenvalue weighted by atomic mass is 9.99. The first-order valence-corrected chi connectivity index (χ1v) is 7.22. The molecule has 4 heteroatoms. The van der Waals surface area contributed by atoms with Gasteiger partial charge in [-0.1, -0.05) is 40.9 Å². The van der Waals surface area contributed by atoms with Crippen molar-refractivity contribution in [2.45, 2.75) is 13.8 Å². The van der Waals surface area contributed by atoms with Crippen LogP contribution in [0.1, 0.15) is 11.1 Å². The number of halogens is 2. The molecular weight excluding hydrogens is 307 g/mol. The predicted octanol–water partition coefficient (Wildman–Crippen LogP) is 5.38. The Hall–Kier alpha value is -1.77. The van der Waals surface area contributed by atoms with E-state index in [2.05, 4.69) is 0 Å². The Kier molecular flexibility index (Phi) is 3.52. The zero-order valence-electron chi connectivity index (χ0n) is 11.5. The first-order valence-electron chi connectivity index (χ1n) is 6.47. The minimum Gasteiger partial charge on any atom is -0.422 e. The van der Waals surface area contributed by atoms with Crippen LogP contribution in [0, 0.1) is 13.8 Å². The molecule has 2 nitrogen and oxygen atoms in total. The molecule has 0 amide bonds. The Labute approximate surface area is 131 Å². The van der Waals surface area contributed by atoms with Gasteiger partial charge < -0.3 is 4.42 Å². The number of hydrogen-bond acceptors (Lipinski definition) is 2. The molecule has 0 radical (unpaired) electrons. The van der Waals surface area contributed by atoms with Crippen molar-refractivity contribution < 1.29 is 4.42 Å². The highest BCUT2D eigenvalue weighted by molar-refractivity contribution is 6.36. The quantitative estimate of drug-likeness (QED) is 0.563. The van der Waals surface area contributed by atoms with Crippen molar-refractivity contribution in [2.24, 2.45) is 0 Å². The summed E-state index contributed by atoms with van der Waals surface area (Å²) in [5.74, 6) is 0. The van der Waals surface area contributed by atoms with E-state index < -0.39 is 5.63 Å². The zero-order chi connectivity index (χ0) is 15.1.